The number of rotatable bonds is 3. The number of hydrogen-bond acceptors (Lipinski definition) is 2. The van der Waals surface area contributed by atoms with E-state index in [1.807, 2.05) is 0 Å². The summed E-state index contributed by atoms with van der Waals surface area (Å²) in [7, 11) is 0. The fraction of sp³-hybridized carbons (Fsp3) is 0.300. The number of hydrogen-bond donors (Lipinski definition) is 1. The number of halogens is 1. The molecule has 0 amide bonds. The molecule has 0 fully saturated rings. The molecule has 0 aliphatic carbocycles. The lowest BCUT2D eigenvalue weighted by Gasteiger charge is -2.12. The van der Waals surface area contributed by atoms with Gasteiger partial charge in [0.25, 0.3) is 0 Å². The van der Waals surface area contributed by atoms with Gasteiger partial charge < -0.3 is 9.84 Å². The number of benzene rings is 1. The summed E-state index contributed by atoms with van der Waals surface area (Å²) in [6.07, 6.45) is -0.976. The van der Waals surface area contributed by atoms with Gasteiger partial charge in [-0.3, -0.25) is 0 Å². The van der Waals surface area contributed by atoms with Crippen LogP contribution in [0.1, 0.15) is 12.5 Å². The minimum atomic E-state index is -1.08. The summed E-state index contributed by atoms with van der Waals surface area (Å²) in [6, 6.07) is 4.02. The minimum Gasteiger partial charge on any atom is -0.479 e. The highest BCUT2D eigenvalue weighted by Crippen LogP contribution is 2.19. The van der Waals surface area contributed by atoms with Crippen molar-refractivity contribution >= 4 is 5.97 Å². The first-order chi connectivity index (χ1) is 6.50. The lowest BCUT2D eigenvalue weighted by molar-refractivity contribution is -0.144. The van der Waals surface area contributed by atoms with Gasteiger partial charge in [0.2, 0.25) is 0 Å². The normalized spacial score (nSPS) is 12.2. The number of carboxylic acid groups (broad SMARTS) is 1. The Labute approximate surface area is 81.1 Å². The average Bonchev–Trinajstić information content (AvgIpc) is 2.11. The van der Waals surface area contributed by atoms with E-state index in [2.05, 4.69) is 0 Å². The van der Waals surface area contributed by atoms with Gasteiger partial charge in [-0.15, -0.1) is 0 Å². The van der Waals surface area contributed by atoms with Crippen molar-refractivity contribution in [2.45, 2.75) is 20.0 Å². The van der Waals surface area contributed by atoms with Crippen LogP contribution in [0.15, 0.2) is 18.2 Å². The van der Waals surface area contributed by atoms with Crippen LogP contribution < -0.4 is 4.74 Å². The maximum absolute atomic E-state index is 12.8. The van der Waals surface area contributed by atoms with E-state index in [9.17, 15) is 9.18 Å². The van der Waals surface area contributed by atoms with Crippen LogP contribution in [0.3, 0.4) is 0 Å². The molecule has 1 atom stereocenters. The van der Waals surface area contributed by atoms with E-state index in [1.54, 1.807) is 13.0 Å². The third-order valence-corrected chi connectivity index (χ3v) is 1.80. The van der Waals surface area contributed by atoms with Crippen molar-refractivity contribution < 1.29 is 19.0 Å². The molecule has 1 aromatic rings. The van der Waals surface area contributed by atoms with Gasteiger partial charge in [0.1, 0.15) is 11.6 Å². The first kappa shape index (κ1) is 10.5. The van der Waals surface area contributed by atoms with Crippen molar-refractivity contribution in [2.24, 2.45) is 0 Å². The van der Waals surface area contributed by atoms with Gasteiger partial charge in [0.05, 0.1) is 0 Å². The first-order valence-electron chi connectivity index (χ1n) is 4.16. The number of aliphatic carboxylic acids is 1. The minimum absolute atomic E-state index is 0.264. The van der Waals surface area contributed by atoms with Crippen LogP contribution in [-0.4, -0.2) is 17.2 Å². The second kappa shape index (κ2) is 4.09. The lowest BCUT2D eigenvalue weighted by Crippen LogP contribution is -2.23. The van der Waals surface area contributed by atoms with Gasteiger partial charge in [-0.25, -0.2) is 9.18 Å². The quantitative estimate of drug-likeness (QED) is 0.807. The maximum Gasteiger partial charge on any atom is 0.344 e. The van der Waals surface area contributed by atoms with Crippen LogP contribution in [0.5, 0.6) is 5.75 Å². The summed E-state index contributed by atoms with van der Waals surface area (Å²) in [4.78, 5) is 10.5. The van der Waals surface area contributed by atoms with Crippen molar-refractivity contribution in [2.75, 3.05) is 0 Å². The van der Waals surface area contributed by atoms with Crippen LogP contribution in [0.4, 0.5) is 4.39 Å². The molecule has 1 N–H and O–H groups in total. The molecule has 3 nitrogen and oxygen atoms in total. The van der Waals surface area contributed by atoms with E-state index in [1.165, 1.54) is 19.1 Å². The summed E-state index contributed by atoms with van der Waals surface area (Å²) in [5.41, 5.74) is 0.708. The Balaban J connectivity index is 2.85. The molecule has 0 aliphatic rings. The molecule has 4 heteroatoms. The third kappa shape index (κ3) is 2.45. The maximum atomic E-state index is 12.8. The van der Waals surface area contributed by atoms with E-state index in [4.69, 9.17) is 9.84 Å². The topological polar surface area (TPSA) is 46.5 Å². The Hall–Kier alpha value is -1.58. The monoisotopic (exact) mass is 198 g/mol. The smallest absolute Gasteiger partial charge is 0.344 e. The molecule has 0 bridgehead atoms. The number of ether oxygens (including phenoxy) is 1. The standard InChI is InChI=1S/C10H11FO3/c1-6-3-4-8(11)5-9(6)14-7(2)10(12)13/h3-5,7H,1-2H3,(H,12,13)/t7-/m0/s1. The van der Waals surface area contributed by atoms with Crippen LogP contribution in [0.2, 0.25) is 0 Å². The van der Waals surface area contributed by atoms with Gasteiger partial charge in [-0.1, -0.05) is 6.07 Å². The molecular weight excluding hydrogens is 187 g/mol. The molecule has 0 radical (unpaired) electrons. The van der Waals surface area contributed by atoms with Crippen molar-refractivity contribution in [3.8, 4) is 5.75 Å². The Bertz CT molecular complexity index is 349. The molecule has 14 heavy (non-hydrogen) atoms. The summed E-state index contributed by atoms with van der Waals surface area (Å²) in [5, 5.41) is 8.58. The van der Waals surface area contributed by atoms with E-state index >= 15 is 0 Å². The second-order valence-corrected chi connectivity index (χ2v) is 3.01. The highest BCUT2D eigenvalue weighted by molar-refractivity contribution is 5.72. The molecule has 0 unspecified atom stereocenters. The van der Waals surface area contributed by atoms with Crippen LogP contribution in [0, 0.1) is 12.7 Å². The van der Waals surface area contributed by atoms with Gasteiger partial charge >= 0.3 is 5.97 Å². The fourth-order valence-electron chi connectivity index (χ4n) is 0.942. The molecule has 0 heterocycles. The van der Waals surface area contributed by atoms with Gasteiger partial charge in [-0.05, 0) is 25.5 Å². The SMILES string of the molecule is Cc1ccc(F)cc1O[C@@H](C)C(=O)O. The number of aryl methyl sites for hydroxylation is 1. The first-order valence-corrected chi connectivity index (χ1v) is 4.16. The van der Waals surface area contributed by atoms with Gasteiger partial charge in [0.15, 0.2) is 6.10 Å². The molecule has 0 saturated carbocycles. The highest BCUT2D eigenvalue weighted by atomic mass is 19.1. The van der Waals surface area contributed by atoms with E-state index in [0.717, 1.165) is 0 Å². The van der Waals surface area contributed by atoms with E-state index in [-0.39, 0.29) is 5.75 Å². The highest BCUT2D eigenvalue weighted by Gasteiger charge is 2.13. The Morgan fingerprint density at radius 2 is 2.21 bits per heavy atom. The Morgan fingerprint density at radius 3 is 2.79 bits per heavy atom. The van der Waals surface area contributed by atoms with Crippen molar-refractivity contribution in [3.05, 3.63) is 29.6 Å². The van der Waals surface area contributed by atoms with Crippen LogP contribution in [-0.2, 0) is 4.79 Å². The molecule has 0 aliphatic heterocycles. The zero-order chi connectivity index (χ0) is 10.7. The molecule has 1 aromatic carbocycles. The van der Waals surface area contributed by atoms with Gasteiger partial charge in [-0.2, -0.15) is 0 Å². The Kier molecular flexibility index (Phi) is 3.06. The summed E-state index contributed by atoms with van der Waals surface area (Å²) in [6.45, 7) is 3.12. The van der Waals surface area contributed by atoms with Crippen LogP contribution >= 0.6 is 0 Å². The van der Waals surface area contributed by atoms with Crippen molar-refractivity contribution in [3.63, 3.8) is 0 Å². The predicted octanol–water partition coefficient (Wildman–Crippen LogP) is 1.99. The van der Waals surface area contributed by atoms with E-state index < -0.39 is 17.9 Å². The van der Waals surface area contributed by atoms with E-state index in [0.29, 0.717) is 5.56 Å². The number of carboxylic acids is 1. The zero-order valence-corrected chi connectivity index (χ0v) is 7.95. The average molecular weight is 198 g/mol. The zero-order valence-electron chi connectivity index (χ0n) is 7.95. The number of carbonyl (C=O) groups is 1. The van der Waals surface area contributed by atoms with Crippen molar-refractivity contribution in [1.29, 1.82) is 0 Å². The largest absolute Gasteiger partial charge is 0.479 e. The molecular formula is C10H11FO3. The van der Waals surface area contributed by atoms with Crippen molar-refractivity contribution in [1.82, 2.24) is 0 Å². The second-order valence-electron chi connectivity index (χ2n) is 3.01. The molecule has 0 aromatic heterocycles. The predicted molar refractivity (Wildman–Crippen MR) is 48.9 cm³/mol. The lowest BCUT2D eigenvalue weighted by atomic mass is 10.2. The molecule has 76 valence electrons. The summed E-state index contributed by atoms with van der Waals surface area (Å²) in [5.74, 6) is -1.25. The van der Waals surface area contributed by atoms with Gasteiger partial charge in [0, 0.05) is 6.07 Å². The fourth-order valence-corrected chi connectivity index (χ4v) is 0.942. The molecule has 0 saturated heterocycles. The Morgan fingerprint density at radius 1 is 1.57 bits per heavy atom. The third-order valence-electron chi connectivity index (χ3n) is 1.80. The summed E-state index contributed by atoms with van der Waals surface area (Å²) < 4.78 is 17.8. The summed E-state index contributed by atoms with van der Waals surface area (Å²) >= 11 is 0. The molecule has 0 spiro atoms. The van der Waals surface area contributed by atoms with Crippen LogP contribution in [0.25, 0.3) is 0 Å². The molecule has 1 rings (SSSR count).